The van der Waals surface area contributed by atoms with Gasteiger partial charge in [0, 0.05) is 31.5 Å². The molecular formula is C13H21FN2O. The van der Waals surface area contributed by atoms with E-state index >= 15 is 0 Å². The molecule has 4 heteroatoms. The molecule has 0 spiro atoms. The fraction of sp³-hybridized carbons (Fsp3) is 0.538. The topological polar surface area (TPSA) is 38.5 Å². The predicted molar refractivity (Wildman–Crippen MR) is 68.9 cm³/mol. The molecule has 0 aliphatic carbocycles. The zero-order valence-electron chi connectivity index (χ0n) is 10.7. The molecule has 0 saturated carbocycles. The molecule has 1 aromatic rings. The van der Waals surface area contributed by atoms with Crippen molar-refractivity contribution in [2.75, 3.05) is 32.2 Å². The van der Waals surface area contributed by atoms with E-state index in [1.54, 1.807) is 13.2 Å². The number of halogens is 1. The van der Waals surface area contributed by atoms with E-state index in [0.717, 1.165) is 5.69 Å². The molecule has 0 aromatic heterocycles. The second kappa shape index (κ2) is 6.57. The minimum absolute atomic E-state index is 0.190. The Morgan fingerprint density at radius 3 is 2.76 bits per heavy atom. The van der Waals surface area contributed by atoms with Crippen LogP contribution in [0.2, 0.25) is 0 Å². The van der Waals surface area contributed by atoms with Crippen molar-refractivity contribution in [1.82, 2.24) is 0 Å². The minimum atomic E-state index is -0.190. The zero-order chi connectivity index (χ0) is 12.8. The molecule has 0 aliphatic heterocycles. The summed E-state index contributed by atoms with van der Waals surface area (Å²) in [6.07, 6.45) is 0.548. The van der Waals surface area contributed by atoms with Crippen molar-refractivity contribution in [2.45, 2.75) is 19.4 Å². The van der Waals surface area contributed by atoms with Crippen LogP contribution in [-0.2, 0) is 11.2 Å². The first-order chi connectivity index (χ1) is 8.11. The first-order valence-corrected chi connectivity index (χ1v) is 5.81. The molecular weight excluding hydrogens is 219 g/mol. The van der Waals surface area contributed by atoms with E-state index in [2.05, 4.69) is 0 Å². The second-order valence-electron chi connectivity index (χ2n) is 4.19. The first kappa shape index (κ1) is 13.9. The van der Waals surface area contributed by atoms with Gasteiger partial charge in [-0.1, -0.05) is 6.07 Å². The number of likely N-dealkylation sites (N-methyl/N-ethyl adjacent to an activating group) is 1. The van der Waals surface area contributed by atoms with Crippen molar-refractivity contribution < 1.29 is 9.13 Å². The van der Waals surface area contributed by atoms with Gasteiger partial charge in [-0.15, -0.1) is 0 Å². The van der Waals surface area contributed by atoms with Crippen LogP contribution >= 0.6 is 0 Å². The van der Waals surface area contributed by atoms with Gasteiger partial charge in [-0.05, 0) is 32.0 Å². The molecule has 0 heterocycles. The van der Waals surface area contributed by atoms with E-state index in [9.17, 15) is 4.39 Å². The number of hydrogen-bond donors (Lipinski definition) is 1. The summed E-state index contributed by atoms with van der Waals surface area (Å²) < 4.78 is 18.8. The van der Waals surface area contributed by atoms with E-state index in [1.165, 1.54) is 6.07 Å². The van der Waals surface area contributed by atoms with Crippen LogP contribution in [0.4, 0.5) is 10.1 Å². The molecule has 17 heavy (non-hydrogen) atoms. The molecule has 0 fully saturated rings. The van der Waals surface area contributed by atoms with Crippen molar-refractivity contribution in [3.63, 3.8) is 0 Å². The molecule has 0 saturated heterocycles. The van der Waals surface area contributed by atoms with Gasteiger partial charge >= 0.3 is 0 Å². The maximum Gasteiger partial charge on any atom is 0.128 e. The standard InChI is InChI=1S/C13H21FN2O/c1-10(9-17-3)16(2)13-6-4-5-12(14)11(13)7-8-15/h4-6,10H,7-9,15H2,1-3H3. The van der Waals surface area contributed by atoms with Gasteiger partial charge in [0.2, 0.25) is 0 Å². The van der Waals surface area contributed by atoms with Crippen LogP contribution in [0.15, 0.2) is 18.2 Å². The van der Waals surface area contributed by atoms with Crippen molar-refractivity contribution in [1.29, 1.82) is 0 Å². The Labute approximate surface area is 102 Å². The molecule has 1 atom stereocenters. The Balaban J connectivity index is 2.99. The third-order valence-corrected chi connectivity index (χ3v) is 2.94. The SMILES string of the molecule is COCC(C)N(C)c1cccc(F)c1CCN. The average molecular weight is 240 g/mol. The predicted octanol–water partition coefficient (Wildman–Crippen LogP) is 1.80. The van der Waals surface area contributed by atoms with Gasteiger partial charge in [-0.2, -0.15) is 0 Å². The monoisotopic (exact) mass is 240 g/mol. The lowest BCUT2D eigenvalue weighted by Crippen LogP contribution is -2.33. The highest BCUT2D eigenvalue weighted by molar-refractivity contribution is 5.54. The lowest BCUT2D eigenvalue weighted by Gasteiger charge is -2.28. The van der Waals surface area contributed by atoms with E-state index in [0.29, 0.717) is 25.1 Å². The highest BCUT2D eigenvalue weighted by Crippen LogP contribution is 2.24. The number of ether oxygens (including phenoxy) is 1. The molecule has 1 rings (SSSR count). The average Bonchev–Trinajstić information content (AvgIpc) is 2.31. The van der Waals surface area contributed by atoms with E-state index in [-0.39, 0.29) is 11.9 Å². The third-order valence-electron chi connectivity index (χ3n) is 2.94. The summed E-state index contributed by atoms with van der Waals surface area (Å²) in [5.74, 6) is -0.190. The number of hydrogen-bond acceptors (Lipinski definition) is 3. The summed E-state index contributed by atoms with van der Waals surface area (Å²) in [4.78, 5) is 2.03. The highest BCUT2D eigenvalue weighted by atomic mass is 19.1. The lowest BCUT2D eigenvalue weighted by molar-refractivity contribution is 0.183. The quantitative estimate of drug-likeness (QED) is 0.824. The zero-order valence-corrected chi connectivity index (χ0v) is 10.7. The van der Waals surface area contributed by atoms with Crippen molar-refractivity contribution in [2.24, 2.45) is 5.73 Å². The first-order valence-electron chi connectivity index (χ1n) is 5.81. The second-order valence-corrected chi connectivity index (χ2v) is 4.19. The summed E-state index contributed by atoms with van der Waals surface area (Å²) in [6.45, 7) is 3.09. The van der Waals surface area contributed by atoms with Crippen molar-refractivity contribution >= 4 is 5.69 Å². The minimum Gasteiger partial charge on any atom is -0.383 e. The van der Waals surface area contributed by atoms with Gasteiger partial charge in [0.25, 0.3) is 0 Å². The molecule has 3 nitrogen and oxygen atoms in total. The maximum absolute atomic E-state index is 13.7. The van der Waals surface area contributed by atoms with Crippen molar-refractivity contribution in [3.05, 3.63) is 29.6 Å². The van der Waals surface area contributed by atoms with Crippen LogP contribution in [0.1, 0.15) is 12.5 Å². The maximum atomic E-state index is 13.7. The Kier molecular flexibility index (Phi) is 5.38. The number of rotatable bonds is 6. The van der Waals surface area contributed by atoms with Crippen LogP contribution in [0.5, 0.6) is 0 Å². The largest absolute Gasteiger partial charge is 0.383 e. The van der Waals surface area contributed by atoms with Gasteiger partial charge in [0.05, 0.1) is 6.61 Å². The number of nitrogens with two attached hydrogens (primary N) is 1. The molecule has 0 bridgehead atoms. The van der Waals surface area contributed by atoms with Gasteiger partial charge in [-0.25, -0.2) is 4.39 Å². The molecule has 0 amide bonds. The number of benzene rings is 1. The Bertz CT molecular complexity index is 357. The Morgan fingerprint density at radius 2 is 2.18 bits per heavy atom. The number of nitrogens with zero attached hydrogens (tertiary/aromatic N) is 1. The lowest BCUT2D eigenvalue weighted by atomic mass is 10.1. The number of anilines is 1. The van der Waals surface area contributed by atoms with Crippen molar-refractivity contribution in [3.8, 4) is 0 Å². The van der Waals surface area contributed by atoms with Gasteiger partial charge in [0.1, 0.15) is 5.82 Å². The normalized spacial score (nSPS) is 12.5. The molecule has 0 radical (unpaired) electrons. The smallest absolute Gasteiger partial charge is 0.128 e. The van der Waals surface area contributed by atoms with Crippen LogP contribution in [0, 0.1) is 5.82 Å². The van der Waals surface area contributed by atoms with E-state index in [4.69, 9.17) is 10.5 Å². The Morgan fingerprint density at radius 1 is 1.47 bits per heavy atom. The summed E-state index contributed by atoms with van der Waals surface area (Å²) >= 11 is 0. The summed E-state index contributed by atoms with van der Waals surface area (Å²) in [6, 6.07) is 5.31. The third kappa shape index (κ3) is 3.41. The van der Waals surface area contributed by atoms with E-state index in [1.807, 2.05) is 24.9 Å². The Hall–Kier alpha value is -1.13. The van der Waals surface area contributed by atoms with Gasteiger partial charge in [-0.3, -0.25) is 0 Å². The van der Waals surface area contributed by atoms with Crippen LogP contribution in [0.3, 0.4) is 0 Å². The van der Waals surface area contributed by atoms with Crippen LogP contribution < -0.4 is 10.6 Å². The van der Waals surface area contributed by atoms with E-state index < -0.39 is 0 Å². The van der Waals surface area contributed by atoms with Crippen LogP contribution in [-0.4, -0.2) is 33.4 Å². The summed E-state index contributed by atoms with van der Waals surface area (Å²) in [5, 5.41) is 0. The fourth-order valence-corrected chi connectivity index (χ4v) is 1.86. The highest BCUT2D eigenvalue weighted by Gasteiger charge is 2.15. The number of methoxy groups -OCH3 is 1. The summed E-state index contributed by atoms with van der Waals surface area (Å²) in [5.41, 5.74) is 7.09. The summed E-state index contributed by atoms with van der Waals surface area (Å²) in [7, 11) is 3.61. The molecule has 96 valence electrons. The van der Waals surface area contributed by atoms with Gasteiger partial charge in [0.15, 0.2) is 0 Å². The molecule has 0 aliphatic rings. The molecule has 1 aromatic carbocycles. The molecule has 1 unspecified atom stereocenters. The van der Waals surface area contributed by atoms with Gasteiger partial charge < -0.3 is 15.4 Å². The molecule has 2 N–H and O–H groups in total. The van der Waals surface area contributed by atoms with Crippen LogP contribution in [0.25, 0.3) is 0 Å². The fourth-order valence-electron chi connectivity index (χ4n) is 1.86.